The average molecular weight is 281 g/mol. The fourth-order valence-electron chi connectivity index (χ4n) is 2.58. The van der Waals surface area contributed by atoms with E-state index in [1.54, 1.807) is 0 Å². The number of carboxylic acids is 1. The molecule has 1 N–H and O–H groups in total. The SMILES string of the molecule is CN1CCCCC1CCOc1ccc(C(=O)O)c(F)c1. The van der Waals surface area contributed by atoms with Gasteiger partial charge in [-0.15, -0.1) is 0 Å². The maximum absolute atomic E-state index is 13.5. The van der Waals surface area contributed by atoms with Gasteiger partial charge in [0.1, 0.15) is 11.6 Å². The first-order valence-corrected chi connectivity index (χ1v) is 6.94. The fraction of sp³-hybridized carbons (Fsp3) is 0.533. The number of hydrogen-bond donors (Lipinski definition) is 1. The van der Waals surface area contributed by atoms with E-state index in [-0.39, 0.29) is 5.56 Å². The van der Waals surface area contributed by atoms with Crippen LogP contribution in [0.15, 0.2) is 18.2 Å². The first kappa shape index (κ1) is 14.8. The van der Waals surface area contributed by atoms with Crippen molar-refractivity contribution in [3.8, 4) is 5.75 Å². The molecule has 0 aliphatic carbocycles. The highest BCUT2D eigenvalue weighted by Gasteiger charge is 2.18. The van der Waals surface area contributed by atoms with Crippen LogP contribution in [0.1, 0.15) is 36.0 Å². The van der Waals surface area contributed by atoms with E-state index < -0.39 is 11.8 Å². The maximum atomic E-state index is 13.5. The first-order chi connectivity index (χ1) is 9.58. The van der Waals surface area contributed by atoms with Crippen LogP contribution >= 0.6 is 0 Å². The summed E-state index contributed by atoms with van der Waals surface area (Å²) in [6, 6.07) is 4.39. The number of ether oxygens (including phenoxy) is 1. The molecule has 2 rings (SSSR count). The van der Waals surface area contributed by atoms with Gasteiger partial charge < -0.3 is 14.7 Å². The van der Waals surface area contributed by atoms with Gasteiger partial charge in [-0.3, -0.25) is 0 Å². The maximum Gasteiger partial charge on any atom is 0.338 e. The van der Waals surface area contributed by atoms with E-state index in [4.69, 9.17) is 9.84 Å². The minimum absolute atomic E-state index is 0.329. The summed E-state index contributed by atoms with van der Waals surface area (Å²) in [5, 5.41) is 8.75. The number of piperidine rings is 1. The van der Waals surface area contributed by atoms with Crippen LogP contribution in [0.3, 0.4) is 0 Å². The molecule has 20 heavy (non-hydrogen) atoms. The van der Waals surface area contributed by atoms with Crippen molar-refractivity contribution < 1.29 is 19.0 Å². The molecule has 0 saturated carbocycles. The molecule has 0 amide bonds. The van der Waals surface area contributed by atoms with Crippen LogP contribution in [0.2, 0.25) is 0 Å². The summed E-state index contributed by atoms with van der Waals surface area (Å²) in [4.78, 5) is 13.0. The number of aromatic carboxylic acids is 1. The predicted molar refractivity (Wildman–Crippen MR) is 73.7 cm³/mol. The zero-order valence-electron chi connectivity index (χ0n) is 11.6. The van der Waals surface area contributed by atoms with Crippen LogP contribution in [0, 0.1) is 5.82 Å². The molecule has 1 heterocycles. The van der Waals surface area contributed by atoms with E-state index in [2.05, 4.69) is 11.9 Å². The van der Waals surface area contributed by atoms with Gasteiger partial charge in [-0.2, -0.15) is 0 Å². The van der Waals surface area contributed by atoms with Gasteiger partial charge in [-0.05, 0) is 45.0 Å². The number of benzene rings is 1. The molecule has 110 valence electrons. The Morgan fingerprint density at radius 1 is 1.50 bits per heavy atom. The predicted octanol–water partition coefficient (Wildman–Crippen LogP) is 2.78. The minimum atomic E-state index is -1.27. The smallest absolute Gasteiger partial charge is 0.338 e. The number of carboxylic acid groups (broad SMARTS) is 1. The van der Waals surface area contributed by atoms with Crippen LogP contribution in [-0.2, 0) is 0 Å². The number of hydrogen-bond acceptors (Lipinski definition) is 3. The quantitative estimate of drug-likeness (QED) is 0.901. The highest BCUT2D eigenvalue weighted by atomic mass is 19.1. The molecule has 0 aromatic heterocycles. The summed E-state index contributed by atoms with van der Waals surface area (Å²) in [6.45, 7) is 1.63. The fourth-order valence-corrected chi connectivity index (χ4v) is 2.58. The molecular weight excluding hydrogens is 261 g/mol. The molecule has 1 unspecified atom stereocenters. The first-order valence-electron chi connectivity index (χ1n) is 6.94. The van der Waals surface area contributed by atoms with E-state index in [0.29, 0.717) is 18.4 Å². The number of halogens is 1. The molecule has 1 aromatic carbocycles. The molecular formula is C15H20FNO3. The second-order valence-electron chi connectivity index (χ2n) is 5.21. The highest BCUT2D eigenvalue weighted by Crippen LogP contribution is 2.20. The summed E-state index contributed by atoms with van der Waals surface area (Å²) < 4.78 is 19.0. The van der Waals surface area contributed by atoms with E-state index in [9.17, 15) is 9.18 Å². The second-order valence-corrected chi connectivity index (χ2v) is 5.21. The lowest BCUT2D eigenvalue weighted by atomic mass is 10.0. The van der Waals surface area contributed by atoms with Crippen molar-refractivity contribution in [2.24, 2.45) is 0 Å². The lowest BCUT2D eigenvalue weighted by Gasteiger charge is -2.32. The number of rotatable bonds is 5. The van der Waals surface area contributed by atoms with Crippen molar-refractivity contribution in [3.05, 3.63) is 29.6 Å². The van der Waals surface area contributed by atoms with Gasteiger partial charge in [0.2, 0.25) is 0 Å². The Morgan fingerprint density at radius 3 is 2.95 bits per heavy atom. The Labute approximate surface area is 118 Å². The van der Waals surface area contributed by atoms with Crippen LogP contribution in [0.4, 0.5) is 4.39 Å². The van der Waals surface area contributed by atoms with Gasteiger partial charge in [-0.25, -0.2) is 9.18 Å². The van der Waals surface area contributed by atoms with Gasteiger partial charge in [0.25, 0.3) is 0 Å². The molecule has 4 nitrogen and oxygen atoms in total. The van der Waals surface area contributed by atoms with Crippen LogP contribution in [0.5, 0.6) is 5.75 Å². The van der Waals surface area contributed by atoms with Crippen molar-refractivity contribution in [3.63, 3.8) is 0 Å². The van der Waals surface area contributed by atoms with E-state index >= 15 is 0 Å². The van der Waals surface area contributed by atoms with E-state index in [1.165, 1.54) is 31.4 Å². The highest BCUT2D eigenvalue weighted by molar-refractivity contribution is 5.88. The Bertz CT molecular complexity index is 478. The summed E-state index contributed by atoms with van der Waals surface area (Å²) in [5.41, 5.74) is -0.329. The summed E-state index contributed by atoms with van der Waals surface area (Å²) in [6.07, 6.45) is 4.57. The topological polar surface area (TPSA) is 49.8 Å². The third-order valence-electron chi connectivity index (χ3n) is 3.81. The molecule has 0 radical (unpaired) electrons. The minimum Gasteiger partial charge on any atom is -0.493 e. The van der Waals surface area contributed by atoms with Gasteiger partial charge in [-0.1, -0.05) is 6.42 Å². The second kappa shape index (κ2) is 6.70. The Morgan fingerprint density at radius 2 is 2.30 bits per heavy atom. The lowest BCUT2D eigenvalue weighted by Crippen LogP contribution is -2.37. The molecule has 5 heteroatoms. The zero-order chi connectivity index (χ0) is 14.5. The normalized spacial score (nSPS) is 19.8. The average Bonchev–Trinajstić information content (AvgIpc) is 2.40. The van der Waals surface area contributed by atoms with Crippen molar-refractivity contribution >= 4 is 5.97 Å². The van der Waals surface area contributed by atoms with Crippen molar-refractivity contribution in [1.29, 1.82) is 0 Å². The zero-order valence-corrected chi connectivity index (χ0v) is 11.6. The molecule has 1 saturated heterocycles. The van der Waals surface area contributed by atoms with E-state index in [1.807, 2.05) is 0 Å². The summed E-state index contributed by atoms with van der Waals surface area (Å²) >= 11 is 0. The van der Waals surface area contributed by atoms with Gasteiger partial charge in [0.05, 0.1) is 12.2 Å². The summed E-state index contributed by atoms with van der Waals surface area (Å²) in [7, 11) is 2.12. The summed E-state index contributed by atoms with van der Waals surface area (Å²) in [5.74, 6) is -1.64. The Kier molecular flexibility index (Phi) is 4.95. The third kappa shape index (κ3) is 3.70. The lowest BCUT2D eigenvalue weighted by molar-refractivity contribution is 0.0692. The van der Waals surface area contributed by atoms with Crippen molar-refractivity contribution in [2.75, 3.05) is 20.2 Å². The van der Waals surface area contributed by atoms with Crippen LogP contribution < -0.4 is 4.74 Å². The number of nitrogens with zero attached hydrogens (tertiary/aromatic N) is 1. The molecule has 1 aromatic rings. The van der Waals surface area contributed by atoms with Gasteiger partial charge >= 0.3 is 5.97 Å². The number of carbonyl (C=O) groups is 1. The largest absolute Gasteiger partial charge is 0.493 e. The monoisotopic (exact) mass is 281 g/mol. The Hall–Kier alpha value is -1.62. The van der Waals surface area contributed by atoms with Gasteiger partial charge in [0, 0.05) is 12.1 Å². The van der Waals surface area contributed by atoms with Crippen LogP contribution in [-0.4, -0.2) is 42.2 Å². The molecule has 1 atom stereocenters. The van der Waals surface area contributed by atoms with E-state index in [0.717, 1.165) is 19.0 Å². The molecule has 0 bridgehead atoms. The third-order valence-corrected chi connectivity index (χ3v) is 3.81. The standard InChI is InChI=1S/C15H20FNO3/c1-17-8-3-2-4-11(17)7-9-20-12-5-6-13(15(18)19)14(16)10-12/h5-6,10-11H,2-4,7-9H2,1H3,(H,18,19). The Balaban J connectivity index is 1.85. The molecule has 0 spiro atoms. The molecule has 1 fully saturated rings. The van der Waals surface area contributed by atoms with Crippen LogP contribution in [0.25, 0.3) is 0 Å². The molecule has 1 aliphatic heterocycles. The van der Waals surface area contributed by atoms with Gasteiger partial charge in [0.15, 0.2) is 0 Å². The molecule has 1 aliphatic rings. The number of likely N-dealkylation sites (tertiary alicyclic amines) is 1. The van der Waals surface area contributed by atoms with Crippen molar-refractivity contribution in [2.45, 2.75) is 31.7 Å². The van der Waals surface area contributed by atoms with Crippen molar-refractivity contribution in [1.82, 2.24) is 4.90 Å².